The van der Waals surface area contributed by atoms with Gasteiger partial charge in [0.25, 0.3) is 0 Å². The van der Waals surface area contributed by atoms with Gasteiger partial charge in [0.05, 0.1) is 13.2 Å². The second-order valence-corrected chi connectivity index (χ2v) is 4.62. The summed E-state index contributed by atoms with van der Waals surface area (Å²) in [6.07, 6.45) is 0. The van der Waals surface area contributed by atoms with Crippen LogP contribution in [0.3, 0.4) is 0 Å². The number of nitrogens with zero attached hydrogens (tertiary/aromatic N) is 1. The Balaban J connectivity index is 2.04. The summed E-state index contributed by atoms with van der Waals surface area (Å²) in [5.41, 5.74) is -0.0373. The van der Waals surface area contributed by atoms with E-state index in [1.165, 1.54) is 6.07 Å². The van der Waals surface area contributed by atoms with Gasteiger partial charge in [-0.1, -0.05) is 0 Å². The minimum atomic E-state index is -1.46. The number of fused-ring (bicyclic) bond motifs is 1. The third kappa shape index (κ3) is 1.64. The fourth-order valence-electron chi connectivity index (χ4n) is 2.12. The molecule has 2 aromatic rings. The van der Waals surface area contributed by atoms with Crippen LogP contribution in [0.15, 0.2) is 22.6 Å². The third-order valence-corrected chi connectivity index (χ3v) is 3.30. The molecule has 1 aliphatic heterocycles. The predicted molar refractivity (Wildman–Crippen MR) is 64.0 cm³/mol. The molecule has 0 spiro atoms. The number of rotatable bonds is 3. The zero-order chi connectivity index (χ0) is 13.6. The first kappa shape index (κ1) is 11.9. The van der Waals surface area contributed by atoms with Gasteiger partial charge in [-0.25, -0.2) is 4.98 Å². The number of carboxylic acid groups (broad SMARTS) is 1. The SMILES string of the molecule is Cc1nc2ccc(C(=O)C3(C(=O)O)COC3)cc2o1. The van der Waals surface area contributed by atoms with Crippen molar-refractivity contribution in [1.82, 2.24) is 4.98 Å². The van der Waals surface area contributed by atoms with Gasteiger partial charge in [-0.05, 0) is 18.2 Å². The standard InChI is InChI=1S/C13H11NO5/c1-7-14-9-3-2-8(4-10(9)19-7)11(15)13(12(16)17)5-18-6-13/h2-4H,5-6H2,1H3,(H,16,17). The van der Waals surface area contributed by atoms with E-state index in [4.69, 9.17) is 9.15 Å². The van der Waals surface area contributed by atoms with E-state index in [2.05, 4.69) is 4.98 Å². The van der Waals surface area contributed by atoms with Crippen LogP contribution in [0.2, 0.25) is 0 Å². The monoisotopic (exact) mass is 261 g/mol. The molecule has 2 heterocycles. The molecule has 1 saturated heterocycles. The molecule has 98 valence electrons. The van der Waals surface area contributed by atoms with Crippen molar-refractivity contribution in [2.24, 2.45) is 5.41 Å². The van der Waals surface area contributed by atoms with E-state index in [1.54, 1.807) is 19.1 Å². The van der Waals surface area contributed by atoms with Crippen molar-refractivity contribution in [2.75, 3.05) is 13.2 Å². The summed E-state index contributed by atoms with van der Waals surface area (Å²) in [6.45, 7) is 1.53. The lowest BCUT2D eigenvalue weighted by atomic mass is 9.78. The first-order chi connectivity index (χ1) is 9.03. The summed E-state index contributed by atoms with van der Waals surface area (Å²) >= 11 is 0. The molecule has 0 radical (unpaired) electrons. The maximum atomic E-state index is 12.3. The summed E-state index contributed by atoms with van der Waals surface area (Å²) < 4.78 is 10.2. The van der Waals surface area contributed by atoms with Gasteiger partial charge in [-0.3, -0.25) is 9.59 Å². The molecule has 0 atom stereocenters. The van der Waals surface area contributed by atoms with Gasteiger partial charge in [-0.15, -0.1) is 0 Å². The summed E-state index contributed by atoms with van der Waals surface area (Å²) in [6, 6.07) is 4.74. The van der Waals surface area contributed by atoms with Crippen LogP contribution in [0.1, 0.15) is 16.2 Å². The molecule has 1 N–H and O–H groups in total. The van der Waals surface area contributed by atoms with Crippen LogP contribution >= 0.6 is 0 Å². The van der Waals surface area contributed by atoms with E-state index in [0.717, 1.165) is 0 Å². The summed E-state index contributed by atoms with van der Waals surface area (Å²) in [5.74, 6) is -1.11. The van der Waals surface area contributed by atoms with Crippen molar-refractivity contribution >= 4 is 22.9 Å². The van der Waals surface area contributed by atoms with Gasteiger partial charge in [0.2, 0.25) is 0 Å². The number of carbonyl (C=O) groups is 2. The van der Waals surface area contributed by atoms with E-state index >= 15 is 0 Å². The Kier molecular flexibility index (Phi) is 2.43. The van der Waals surface area contributed by atoms with Crippen molar-refractivity contribution in [1.29, 1.82) is 0 Å². The molecule has 19 heavy (non-hydrogen) atoms. The minimum absolute atomic E-state index is 0.0887. The van der Waals surface area contributed by atoms with Crippen LogP contribution in [-0.4, -0.2) is 35.1 Å². The number of aliphatic carboxylic acids is 1. The first-order valence-corrected chi connectivity index (χ1v) is 5.76. The van der Waals surface area contributed by atoms with Gasteiger partial charge in [-0.2, -0.15) is 0 Å². The Bertz CT molecular complexity index is 683. The highest BCUT2D eigenvalue weighted by molar-refractivity contribution is 6.13. The Morgan fingerprint density at radius 2 is 2.11 bits per heavy atom. The quantitative estimate of drug-likeness (QED) is 0.663. The number of carbonyl (C=O) groups excluding carboxylic acids is 1. The molecule has 0 aliphatic carbocycles. The number of aromatic nitrogens is 1. The molecule has 1 fully saturated rings. The van der Waals surface area contributed by atoms with Crippen molar-refractivity contribution in [3.63, 3.8) is 0 Å². The molecule has 0 unspecified atom stereocenters. The average Bonchev–Trinajstić information content (AvgIpc) is 2.65. The van der Waals surface area contributed by atoms with Gasteiger partial charge in [0.1, 0.15) is 5.52 Å². The maximum Gasteiger partial charge on any atom is 0.322 e. The normalized spacial score (nSPS) is 17.1. The minimum Gasteiger partial charge on any atom is -0.480 e. The van der Waals surface area contributed by atoms with Crippen LogP contribution in [0.4, 0.5) is 0 Å². The smallest absolute Gasteiger partial charge is 0.322 e. The van der Waals surface area contributed by atoms with Crippen molar-refractivity contribution in [3.8, 4) is 0 Å². The van der Waals surface area contributed by atoms with E-state index in [0.29, 0.717) is 22.6 Å². The predicted octanol–water partition coefficient (Wildman–Crippen LogP) is 1.42. The lowest BCUT2D eigenvalue weighted by molar-refractivity contribution is -0.168. The van der Waals surface area contributed by atoms with E-state index in [1.807, 2.05) is 0 Å². The molecular weight excluding hydrogens is 250 g/mol. The van der Waals surface area contributed by atoms with E-state index < -0.39 is 17.2 Å². The molecule has 1 aliphatic rings. The third-order valence-electron chi connectivity index (χ3n) is 3.30. The number of ether oxygens (including phenoxy) is 1. The van der Waals surface area contributed by atoms with Crippen LogP contribution in [-0.2, 0) is 9.53 Å². The highest BCUT2D eigenvalue weighted by Gasteiger charge is 2.53. The van der Waals surface area contributed by atoms with Gasteiger partial charge in [0.15, 0.2) is 22.7 Å². The number of hydrogen-bond donors (Lipinski definition) is 1. The lowest BCUT2D eigenvalue weighted by Gasteiger charge is -2.35. The molecule has 6 nitrogen and oxygen atoms in total. The van der Waals surface area contributed by atoms with Crippen molar-refractivity contribution < 1.29 is 23.8 Å². The number of ketones is 1. The molecule has 6 heteroatoms. The number of hydrogen-bond acceptors (Lipinski definition) is 5. The topological polar surface area (TPSA) is 89.6 Å². The number of benzene rings is 1. The first-order valence-electron chi connectivity index (χ1n) is 5.76. The van der Waals surface area contributed by atoms with Gasteiger partial charge >= 0.3 is 5.97 Å². The van der Waals surface area contributed by atoms with Gasteiger partial charge in [0, 0.05) is 12.5 Å². The maximum absolute atomic E-state index is 12.3. The molecule has 1 aromatic carbocycles. The summed E-state index contributed by atoms with van der Waals surface area (Å²) in [5, 5.41) is 9.20. The average molecular weight is 261 g/mol. The fraction of sp³-hybridized carbons (Fsp3) is 0.308. The zero-order valence-corrected chi connectivity index (χ0v) is 10.2. The number of aryl methyl sites for hydroxylation is 1. The van der Waals surface area contributed by atoms with Gasteiger partial charge < -0.3 is 14.3 Å². The Morgan fingerprint density at radius 1 is 1.37 bits per heavy atom. The molecular formula is C13H11NO5. The van der Waals surface area contributed by atoms with Crippen LogP contribution in [0.5, 0.6) is 0 Å². The number of oxazole rings is 1. The Morgan fingerprint density at radius 3 is 2.68 bits per heavy atom. The Labute approximate surface area is 108 Å². The van der Waals surface area contributed by atoms with Crippen molar-refractivity contribution in [2.45, 2.75) is 6.92 Å². The molecule has 1 aromatic heterocycles. The second kappa shape index (κ2) is 3.89. The second-order valence-electron chi connectivity index (χ2n) is 4.62. The van der Waals surface area contributed by atoms with Crippen LogP contribution in [0, 0.1) is 12.3 Å². The molecule has 0 amide bonds. The molecule has 0 saturated carbocycles. The number of carboxylic acids is 1. The Hall–Kier alpha value is -2.21. The number of Topliss-reactive ketones (excluding diaryl/α,β-unsaturated/α-hetero) is 1. The van der Waals surface area contributed by atoms with Crippen LogP contribution in [0.25, 0.3) is 11.1 Å². The summed E-state index contributed by atoms with van der Waals surface area (Å²) in [7, 11) is 0. The molecule has 3 rings (SSSR count). The molecule has 0 bridgehead atoms. The van der Waals surface area contributed by atoms with E-state index in [9.17, 15) is 14.7 Å². The zero-order valence-electron chi connectivity index (χ0n) is 10.2. The highest BCUT2D eigenvalue weighted by atomic mass is 16.5. The fourth-order valence-corrected chi connectivity index (χ4v) is 2.12. The van der Waals surface area contributed by atoms with Crippen LogP contribution < -0.4 is 0 Å². The van der Waals surface area contributed by atoms with Crippen molar-refractivity contribution in [3.05, 3.63) is 29.7 Å². The highest BCUT2D eigenvalue weighted by Crippen LogP contribution is 2.33. The largest absolute Gasteiger partial charge is 0.480 e. The summed E-state index contributed by atoms with van der Waals surface area (Å²) in [4.78, 5) is 27.7. The lowest BCUT2D eigenvalue weighted by Crippen LogP contribution is -2.54. The van der Waals surface area contributed by atoms with E-state index in [-0.39, 0.29) is 13.2 Å².